The van der Waals surface area contributed by atoms with Gasteiger partial charge in [-0.15, -0.1) is 0 Å². The minimum absolute atomic E-state index is 0.262. The highest BCUT2D eigenvalue weighted by atomic mass is 16.3. The van der Waals surface area contributed by atoms with E-state index in [1.54, 1.807) is 0 Å². The van der Waals surface area contributed by atoms with Crippen molar-refractivity contribution >= 4 is 11.5 Å². The number of nitrogens with two attached hydrogens (primary N) is 1. The van der Waals surface area contributed by atoms with Crippen molar-refractivity contribution < 1.29 is 5.11 Å². The molecular formula is C12H19N3O. The van der Waals surface area contributed by atoms with E-state index in [1.807, 2.05) is 19.1 Å². The smallest absolute Gasteiger partial charge is 0.149 e. The molecule has 1 aromatic rings. The molecule has 1 saturated carbocycles. The Kier molecular flexibility index (Phi) is 3.01. The van der Waals surface area contributed by atoms with Gasteiger partial charge in [0.25, 0.3) is 0 Å². The first-order valence-electron chi connectivity index (χ1n) is 5.73. The predicted molar refractivity (Wildman–Crippen MR) is 65.2 cm³/mol. The summed E-state index contributed by atoms with van der Waals surface area (Å²) in [5.41, 5.74) is 7.77. The molecule has 16 heavy (non-hydrogen) atoms. The SMILES string of the molecule is Cc1ccc(N)c(NCC2(CCO)CC2)n1. The summed E-state index contributed by atoms with van der Waals surface area (Å²) in [4.78, 5) is 4.37. The Bertz CT molecular complexity index is 375. The van der Waals surface area contributed by atoms with Crippen LogP contribution in [0.4, 0.5) is 11.5 Å². The fourth-order valence-electron chi connectivity index (χ4n) is 1.91. The molecule has 0 spiro atoms. The summed E-state index contributed by atoms with van der Waals surface area (Å²) in [6, 6.07) is 3.78. The lowest BCUT2D eigenvalue weighted by atomic mass is 10.0. The van der Waals surface area contributed by atoms with Crippen LogP contribution in [-0.2, 0) is 0 Å². The Morgan fingerprint density at radius 3 is 2.88 bits per heavy atom. The average molecular weight is 221 g/mol. The van der Waals surface area contributed by atoms with Gasteiger partial charge in [-0.1, -0.05) is 0 Å². The number of aromatic nitrogens is 1. The van der Waals surface area contributed by atoms with Crippen LogP contribution in [-0.4, -0.2) is 23.2 Å². The van der Waals surface area contributed by atoms with Crippen molar-refractivity contribution in [3.8, 4) is 0 Å². The van der Waals surface area contributed by atoms with Crippen LogP contribution < -0.4 is 11.1 Å². The third-order valence-electron chi connectivity index (χ3n) is 3.30. The van der Waals surface area contributed by atoms with Crippen molar-refractivity contribution in [1.29, 1.82) is 0 Å². The van der Waals surface area contributed by atoms with Crippen molar-refractivity contribution in [1.82, 2.24) is 4.98 Å². The molecule has 0 aliphatic heterocycles. The van der Waals surface area contributed by atoms with Crippen molar-refractivity contribution in [2.75, 3.05) is 24.2 Å². The molecule has 88 valence electrons. The van der Waals surface area contributed by atoms with E-state index < -0.39 is 0 Å². The third-order valence-corrected chi connectivity index (χ3v) is 3.30. The highest BCUT2D eigenvalue weighted by Crippen LogP contribution is 2.48. The normalized spacial score (nSPS) is 17.1. The van der Waals surface area contributed by atoms with Crippen LogP contribution in [0.1, 0.15) is 25.0 Å². The molecule has 4 heteroatoms. The maximum Gasteiger partial charge on any atom is 0.149 e. The van der Waals surface area contributed by atoms with E-state index in [2.05, 4.69) is 10.3 Å². The quantitative estimate of drug-likeness (QED) is 0.705. The van der Waals surface area contributed by atoms with E-state index in [-0.39, 0.29) is 12.0 Å². The van der Waals surface area contributed by atoms with Gasteiger partial charge in [0.05, 0.1) is 5.69 Å². The van der Waals surface area contributed by atoms with Crippen molar-refractivity contribution in [3.05, 3.63) is 17.8 Å². The van der Waals surface area contributed by atoms with Gasteiger partial charge in [0.2, 0.25) is 0 Å². The number of aryl methyl sites for hydroxylation is 1. The number of nitrogens with one attached hydrogen (secondary N) is 1. The van der Waals surface area contributed by atoms with Crippen molar-refractivity contribution in [2.24, 2.45) is 5.41 Å². The zero-order chi connectivity index (χ0) is 11.6. The Balaban J connectivity index is 1.97. The summed E-state index contributed by atoms with van der Waals surface area (Å²) < 4.78 is 0. The van der Waals surface area contributed by atoms with Crippen LogP contribution >= 0.6 is 0 Å². The summed E-state index contributed by atoms with van der Waals surface area (Å²) in [5, 5.41) is 12.3. The zero-order valence-corrected chi connectivity index (χ0v) is 9.66. The van der Waals surface area contributed by atoms with Gasteiger partial charge in [0, 0.05) is 18.8 Å². The van der Waals surface area contributed by atoms with E-state index >= 15 is 0 Å². The number of hydrogen-bond donors (Lipinski definition) is 3. The maximum atomic E-state index is 8.97. The molecule has 0 saturated heterocycles. The number of nitrogen functional groups attached to an aromatic ring is 1. The number of pyridine rings is 1. The van der Waals surface area contributed by atoms with Crippen LogP contribution in [0, 0.1) is 12.3 Å². The van der Waals surface area contributed by atoms with Crippen molar-refractivity contribution in [3.63, 3.8) is 0 Å². The zero-order valence-electron chi connectivity index (χ0n) is 9.66. The summed E-state index contributed by atoms with van der Waals surface area (Å²) >= 11 is 0. The van der Waals surface area contributed by atoms with E-state index in [1.165, 1.54) is 12.8 Å². The number of aliphatic hydroxyl groups excluding tert-OH is 1. The highest BCUT2D eigenvalue weighted by molar-refractivity contribution is 5.61. The third kappa shape index (κ3) is 2.44. The van der Waals surface area contributed by atoms with Crippen LogP contribution in [0.2, 0.25) is 0 Å². The molecule has 1 fully saturated rings. The first-order chi connectivity index (χ1) is 7.65. The van der Waals surface area contributed by atoms with Crippen LogP contribution in [0.5, 0.6) is 0 Å². The maximum absolute atomic E-state index is 8.97. The monoisotopic (exact) mass is 221 g/mol. The minimum atomic E-state index is 0.262. The largest absolute Gasteiger partial charge is 0.396 e. The lowest BCUT2D eigenvalue weighted by Gasteiger charge is -2.16. The van der Waals surface area contributed by atoms with Gasteiger partial charge in [-0.25, -0.2) is 4.98 Å². The molecule has 0 amide bonds. The Hall–Kier alpha value is -1.29. The molecule has 1 aromatic heterocycles. The summed E-state index contributed by atoms with van der Waals surface area (Å²) in [6.07, 6.45) is 3.24. The molecular weight excluding hydrogens is 202 g/mol. The lowest BCUT2D eigenvalue weighted by Crippen LogP contribution is -2.18. The van der Waals surface area contributed by atoms with E-state index in [0.29, 0.717) is 5.69 Å². The van der Waals surface area contributed by atoms with Gasteiger partial charge in [0.15, 0.2) is 0 Å². The first kappa shape index (κ1) is 11.2. The van der Waals surface area contributed by atoms with Gasteiger partial charge < -0.3 is 16.2 Å². The Morgan fingerprint density at radius 1 is 1.50 bits per heavy atom. The molecule has 1 aliphatic rings. The molecule has 0 unspecified atom stereocenters. The minimum Gasteiger partial charge on any atom is -0.396 e. The fraction of sp³-hybridized carbons (Fsp3) is 0.583. The second kappa shape index (κ2) is 4.29. The first-order valence-corrected chi connectivity index (χ1v) is 5.73. The summed E-state index contributed by atoms with van der Waals surface area (Å²) in [5.74, 6) is 0.768. The molecule has 2 rings (SSSR count). The topological polar surface area (TPSA) is 71.2 Å². The molecule has 0 aromatic carbocycles. The molecule has 1 heterocycles. The number of rotatable bonds is 5. The van der Waals surface area contributed by atoms with Crippen LogP contribution in [0.15, 0.2) is 12.1 Å². The standard InChI is InChI=1S/C12H19N3O/c1-9-2-3-10(13)11(15-9)14-8-12(4-5-12)6-7-16/h2-3,16H,4-8,13H2,1H3,(H,14,15). The second-order valence-corrected chi connectivity index (χ2v) is 4.72. The Morgan fingerprint density at radius 2 is 2.25 bits per heavy atom. The lowest BCUT2D eigenvalue weighted by molar-refractivity contribution is 0.253. The number of aliphatic hydroxyl groups is 1. The second-order valence-electron chi connectivity index (χ2n) is 4.72. The molecule has 0 bridgehead atoms. The van der Waals surface area contributed by atoms with E-state index in [9.17, 15) is 0 Å². The van der Waals surface area contributed by atoms with Crippen LogP contribution in [0.25, 0.3) is 0 Å². The van der Waals surface area contributed by atoms with Gasteiger partial charge >= 0.3 is 0 Å². The predicted octanol–water partition coefficient (Wildman–Crippen LogP) is 1.55. The van der Waals surface area contributed by atoms with E-state index in [4.69, 9.17) is 10.8 Å². The van der Waals surface area contributed by atoms with Gasteiger partial charge in [-0.2, -0.15) is 0 Å². The summed E-state index contributed by atoms with van der Waals surface area (Å²) in [7, 11) is 0. The number of anilines is 2. The number of nitrogens with zero attached hydrogens (tertiary/aromatic N) is 1. The van der Waals surface area contributed by atoms with E-state index in [0.717, 1.165) is 24.5 Å². The molecule has 0 atom stereocenters. The number of hydrogen-bond acceptors (Lipinski definition) is 4. The van der Waals surface area contributed by atoms with Gasteiger partial charge in [-0.3, -0.25) is 0 Å². The molecule has 4 nitrogen and oxygen atoms in total. The Labute approximate surface area is 95.9 Å². The average Bonchev–Trinajstić information content (AvgIpc) is 3.01. The van der Waals surface area contributed by atoms with Crippen molar-refractivity contribution in [2.45, 2.75) is 26.2 Å². The van der Waals surface area contributed by atoms with Gasteiger partial charge in [-0.05, 0) is 43.7 Å². The fourth-order valence-corrected chi connectivity index (χ4v) is 1.91. The van der Waals surface area contributed by atoms with Gasteiger partial charge in [0.1, 0.15) is 5.82 Å². The molecule has 4 N–H and O–H groups in total. The molecule has 0 radical (unpaired) electrons. The van der Waals surface area contributed by atoms with Crippen LogP contribution in [0.3, 0.4) is 0 Å². The molecule has 1 aliphatic carbocycles. The highest BCUT2D eigenvalue weighted by Gasteiger charge is 2.41. The summed E-state index contributed by atoms with van der Waals surface area (Å²) in [6.45, 7) is 3.07.